The summed E-state index contributed by atoms with van der Waals surface area (Å²) in [6, 6.07) is 3.26. The molecule has 1 aromatic rings. The number of amides is 1. The van der Waals surface area contributed by atoms with Crippen molar-refractivity contribution in [2.45, 2.75) is 13.8 Å². The zero-order valence-corrected chi connectivity index (χ0v) is 9.41. The van der Waals surface area contributed by atoms with Crippen molar-refractivity contribution in [1.82, 2.24) is 4.98 Å². The van der Waals surface area contributed by atoms with E-state index < -0.39 is 6.09 Å². The van der Waals surface area contributed by atoms with Gasteiger partial charge in [0.1, 0.15) is 5.15 Å². The molecular formula is C10H13ClN2O2. The minimum atomic E-state index is -0.479. The summed E-state index contributed by atoms with van der Waals surface area (Å²) in [5.74, 6) is 0.319. The first-order valence-corrected chi connectivity index (χ1v) is 5.01. The van der Waals surface area contributed by atoms with Gasteiger partial charge in [-0.1, -0.05) is 25.4 Å². The number of carbonyl (C=O) groups excluding carboxylic acids is 1. The first-order valence-electron chi connectivity index (χ1n) is 4.63. The molecule has 0 unspecified atom stereocenters. The molecule has 1 amide bonds. The summed E-state index contributed by atoms with van der Waals surface area (Å²) in [6.07, 6.45) is 0.992. The Hall–Kier alpha value is -1.29. The van der Waals surface area contributed by atoms with Crippen LogP contribution in [0.3, 0.4) is 0 Å². The predicted octanol–water partition coefficient (Wildman–Crippen LogP) is 2.94. The van der Waals surface area contributed by atoms with E-state index in [4.69, 9.17) is 16.3 Å². The Morgan fingerprint density at radius 1 is 1.60 bits per heavy atom. The number of aromatic nitrogens is 1. The van der Waals surface area contributed by atoms with Gasteiger partial charge in [0.2, 0.25) is 0 Å². The average molecular weight is 229 g/mol. The summed E-state index contributed by atoms with van der Waals surface area (Å²) in [5.41, 5.74) is 0.563. The molecule has 4 nitrogen and oxygen atoms in total. The lowest BCUT2D eigenvalue weighted by Crippen LogP contribution is -2.16. The minimum absolute atomic E-state index is 0.319. The van der Waals surface area contributed by atoms with Gasteiger partial charge in [0.15, 0.2) is 0 Å². The van der Waals surface area contributed by atoms with Crippen molar-refractivity contribution in [3.05, 3.63) is 23.5 Å². The zero-order valence-electron chi connectivity index (χ0n) is 8.66. The minimum Gasteiger partial charge on any atom is -0.449 e. The maximum Gasteiger partial charge on any atom is 0.411 e. The molecule has 1 N–H and O–H groups in total. The van der Waals surface area contributed by atoms with Crippen LogP contribution in [0.25, 0.3) is 0 Å². The highest BCUT2D eigenvalue weighted by Crippen LogP contribution is 2.09. The van der Waals surface area contributed by atoms with Crippen molar-refractivity contribution in [3.63, 3.8) is 0 Å². The van der Waals surface area contributed by atoms with Gasteiger partial charge in [-0.25, -0.2) is 9.78 Å². The molecular weight excluding hydrogens is 216 g/mol. The van der Waals surface area contributed by atoms with Crippen LogP contribution in [-0.4, -0.2) is 17.7 Å². The predicted molar refractivity (Wildman–Crippen MR) is 59.1 cm³/mol. The van der Waals surface area contributed by atoms with Crippen molar-refractivity contribution in [2.24, 2.45) is 5.92 Å². The van der Waals surface area contributed by atoms with E-state index in [0.717, 1.165) is 0 Å². The molecule has 0 spiro atoms. The van der Waals surface area contributed by atoms with Gasteiger partial charge in [-0.05, 0) is 18.1 Å². The smallest absolute Gasteiger partial charge is 0.411 e. The van der Waals surface area contributed by atoms with Gasteiger partial charge in [-0.3, -0.25) is 5.32 Å². The Balaban J connectivity index is 2.41. The van der Waals surface area contributed by atoms with Crippen LogP contribution < -0.4 is 5.32 Å². The molecule has 1 aromatic heterocycles. The van der Waals surface area contributed by atoms with Gasteiger partial charge in [0.25, 0.3) is 0 Å². The summed E-state index contributed by atoms with van der Waals surface area (Å²) in [5, 5.41) is 2.93. The van der Waals surface area contributed by atoms with Crippen LogP contribution in [0.2, 0.25) is 5.15 Å². The normalized spacial score (nSPS) is 10.1. The second kappa shape index (κ2) is 5.56. The highest BCUT2D eigenvalue weighted by molar-refractivity contribution is 6.29. The molecule has 0 saturated heterocycles. The van der Waals surface area contributed by atoms with E-state index in [9.17, 15) is 4.79 Å². The van der Waals surface area contributed by atoms with Crippen LogP contribution >= 0.6 is 11.6 Å². The first kappa shape index (κ1) is 11.8. The Morgan fingerprint density at radius 2 is 2.33 bits per heavy atom. The molecule has 0 fully saturated rings. The number of carbonyl (C=O) groups is 1. The number of anilines is 1. The number of nitrogens with one attached hydrogen (secondary N) is 1. The number of pyridine rings is 1. The van der Waals surface area contributed by atoms with Crippen LogP contribution in [-0.2, 0) is 4.74 Å². The molecule has 5 heteroatoms. The van der Waals surface area contributed by atoms with Crippen LogP contribution in [0.15, 0.2) is 18.3 Å². The van der Waals surface area contributed by atoms with E-state index in [1.54, 1.807) is 12.1 Å². The quantitative estimate of drug-likeness (QED) is 0.810. The molecule has 0 aliphatic rings. The fraction of sp³-hybridized carbons (Fsp3) is 0.400. The van der Waals surface area contributed by atoms with Gasteiger partial charge in [-0.15, -0.1) is 0 Å². The highest BCUT2D eigenvalue weighted by Gasteiger charge is 2.04. The summed E-state index contributed by atoms with van der Waals surface area (Å²) >= 11 is 5.60. The van der Waals surface area contributed by atoms with E-state index >= 15 is 0 Å². The van der Waals surface area contributed by atoms with E-state index in [-0.39, 0.29) is 0 Å². The van der Waals surface area contributed by atoms with E-state index in [0.29, 0.717) is 23.4 Å². The van der Waals surface area contributed by atoms with Crippen molar-refractivity contribution >= 4 is 23.4 Å². The molecule has 15 heavy (non-hydrogen) atoms. The maximum absolute atomic E-state index is 11.2. The van der Waals surface area contributed by atoms with E-state index in [2.05, 4.69) is 10.3 Å². The van der Waals surface area contributed by atoms with Crippen LogP contribution in [0.5, 0.6) is 0 Å². The summed E-state index contributed by atoms with van der Waals surface area (Å²) in [4.78, 5) is 15.0. The molecule has 0 aromatic carbocycles. The SMILES string of the molecule is CC(C)COC(=O)Nc1ccc(Cl)nc1. The molecule has 0 aliphatic carbocycles. The van der Waals surface area contributed by atoms with Gasteiger partial charge in [0.05, 0.1) is 18.5 Å². The molecule has 82 valence electrons. The number of rotatable bonds is 3. The van der Waals surface area contributed by atoms with Gasteiger partial charge < -0.3 is 4.74 Å². The molecule has 1 heterocycles. The Kier molecular flexibility index (Phi) is 4.37. The lowest BCUT2D eigenvalue weighted by Gasteiger charge is -2.08. The zero-order chi connectivity index (χ0) is 11.3. The standard InChI is InChI=1S/C10H13ClN2O2/c1-7(2)6-15-10(14)13-8-3-4-9(11)12-5-8/h3-5,7H,6H2,1-2H3,(H,13,14). The van der Waals surface area contributed by atoms with E-state index in [1.807, 2.05) is 13.8 Å². The molecule has 0 radical (unpaired) electrons. The Labute approximate surface area is 93.6 Å². The molecule has 1 rings (SSSR count). The summed E-state index contributed by atoms with van der Waals surface area (Å²) < 4.78 is 4.93. The molecule has 0 saturated carbocycles. The molecule has 0 bridgehead atoms. The number of hydrogen-bond donors (Lipinski definition) is 1. The largest absolute Gasteiger partial charge is 0.449 e. The Bertz CT molecular complexity index is 325. The van der Waals surface area contributed by atoms with E-state index in [1.165, 1.54) is 6.20 Å². The lowest BCUT2D eigenvalue weighted by atomic mass is 10.2. The second-order valence-electron chi connectivity index (χ2n) is 3.49. The number of ether oxygens (including phenoxy) is 1. The topological polar surface area (TPSA) is 51.2 Å². The Morgan fingerprint density at radius 3 is 2.87 bits per heavy atom. The third-order valence-electron chi connectivity index (χ3n) is 1.52. The number of halogens is 1. The maximum atomic E-state index is 11.2. The second-order valence-corrected chi connectivity index (χ2v) is 3.87. The van der Waals surface area contributed by atoms with Crippen molar-refractivity contribution in [1.29, 1.82) is 0 Å². The van der Waals surface area contributed by atoms with Crippen LogP contribution in [0.1, 0.15) is 13.8 Å². The van der Waals surface area contributed by atoms with Crippen LogP contribution in [0, 0.1) is 5.92 Å². The highest BCUT2D eigenvalue weighted by atomic mass is 35.5. The fourth-order valence-electron chi connectivity index (χ4n) is 0.846. The van der Waals surface area contributed by atoms with Gasteiger partial charge >= 0.3 is 6.09 Å². The third kappa shape index (κ3) is 4.65. The van der Waals surface area contributed by atoms with Crippen molar-refractivity contribution < 1.29 is 9.53 Å². The van der Waals surface area contributed by atoms with Crippen molar-refractivity contribution in [2.75, 3.05) is 11.9 Å². The lowest BCUT2D eigenvalue weighted by molar-refractivity contribution is 0.147. The molecule has 0 aliphatic heterocycles. The number of hydrogen-bond acceptors (Lipinski definition) is 3. The molecule has 0 atom stereocenters. The fourth-order valence-corrected chi connectivity index (χ4v) is 0.958. The third-order valence-corrected chi connectivity index (χ3v) is 1.75. The number of nitrogens with zero attached hydrogens (tertiary/aromatic N) is 1. The van der Waals surface area contributed by atoms with Gasteiger partial charge in [0, 0.05) is 0 Å². The monoisotopic (exact) mass is 228 g/mol. The van der Waals surface area contributed by atoms with Gasteiger partial charge in [-0.2, -0.15) is 0 Å². The average Bonchev–Trinajstić information content (AvgIpc) is 2.19. The van der Waals surface area contributed by atoms with Crippen LogP contribution in [0.4, 0.5) is 10.5 Å². The van der Waals surface area contributed by atoms with Crippen molar-refractivity contribution in [3.8, 4) is 0 Å². The first-order chi connectivity index (χ1) is 7.08. The summed E-state index contributed by atoms with van der Waals surface area (Å²) in [7, 11) is 0. The summed E-state index contributed by atoms with van der Waals surface area (Å²) in [6.45, 7) is 4.33.